The van der Waals surface area contributed by atoms with Gasteiger partial charge in [0, 0.05) is 18.4 Å². The van der Waals surface area contributed by atoms with E-state index in [1.54, 1.807) is 31.2 Å². The molecule has 0 bridgehead atoms. The zero-order valence-corrected chi connectivity index (χ0v) is 24.2. The monoisotopic (exact) mass is 626 g/mol. The van der Waals surface area contributed by atoms with Crippen LogP contribution in [0.25, 0.3) is 16.9 Å². The number of nitrogens with one attached hydrogen (secondary N) is 1. The Kier molecular flexibility index (Phi) is 10.7. The predicted molar refractivity (Wildman–Crippen MR) is 144 cm³/mol. The fourth-order valence-corrected chi connectivity index (χ4v) is 4.57. The van der Waals surface area contributed by atoms with E-state index in [-0.39, 0.29) is 47.1 Å². The Hall–Kier alpha value is -4.67. The summed E-state index contributed by atoms with van der Waals surface area (Å²) in [6, 6.07) is 12.5. The van der Waals surface area contributed by atoms with Crippen LogP contribution in [0.2, 0.25) is 0 Å². The largest absolute Gasteiger partial charge is 0.569 e. The highest BCUT2D eigenvalue weighted by molar-refractivity contribution is 7.90. The maximum Gasteiger partial charge on any atom is 0.435 e. The van der Waals surface area contributed by atoms with Gasteiger partial charge in [-0.25, -0.2) is 17.8 Å². The number of hydrogen-bond acceptors (Lipinski definition) is 9. The van der Waals surface area contributed by atoms with E-state index >= 15 is 0 Å². The van der Waals surface area contributed by atoms with Crippen LogP contribution in [0.15, 0.2) is 64.8 Å². The van der Waals surface area contributed by atoms with Crippen molar-refractivity contribution < 1.29 is 45.7 Å². The summed E-state index contributed by atoms with van der Waals surface area (Å²) in [5.41, 5.74) is 0.588. The van der Waals surface area contributed by atoms with Gasteiger partial charge in [-0.15, -0.1) is 5.01 Å². The number of benzene rings is 2. The second-order valence-electron chi connectivity index (χ2n) is 9.15. The number of aromatic nitrogens is 2. The van der Waals surface area contributed by atoms with Crippen LogP contribution in [-0.2, 0) is 35.4 Å². The van der Waals surface area contributed by atoms with Gasteiger partial charge in [-0.3, -0.25) is 9.59 Å². The van der Waals surface area contributed by atoms with Crippen molar-refractivity contribution in [1.29, 1.82) is 0 Å². The smallest absolute Gasteiger partial charge is 0.435 e. The van der Waals surface area contributed by atoms with Crippen LogP contribution in [0.5, 0.6) is 0 Å². The number of rotatable bonds is 13. The lowest BCUT2D eigenvalue weighted by Gasteiger charge is -2.13. The van der Waals surface area contributed by atoms with Gasteiger partial charge in [0.25, 0.3) is 16.8 Å². The van der Waals surface area contributed by atoms with Crippen molar-refractivity contribution in [3.05, 3.63) is 71.1 Å². The summed E-state index contributed by atoms with van der Waals surface area (Å²) in [5.74, 6) is -1.39. The lowest BCUT2D eigenvalue weighted by Crippen LogP contribution is -2.32. The van der Waals surface area contributed by atoms with E-state index in [1.165, 1.54) is 19.2 Å². The van der Waals surface area contributed by atoms with Gasteiger partial charge < -0.3 is 14.8 Å². The summed E-state index contributed by atoms with van der Waals surface area (Å²) >= 11 is 0. The Bertz CT molecular complexity index is 1560. The highest BCUT2D eigenvalue weighted by Gasteiger charge is 2.35. The molecular weight excluding hydrogens is 597 g/mol. The van der Waals surface area contributed by atoms with Crippen LogP contribution in [0.3, 0.4) is 0 Å². The van der Waals surface area contributed by atoms with Crippen LogP contribution in [0.1, 0.15) is 37.4 Å². The molecule has 0 radical (unpaired) electrons. The van der Waals surface area contributed by atoms with Crippen LogP contribution in [0.4, 0.5) is 13.2 Å². The third kappa shape index (κ3) is 9.16. The lowest BCUT2D eigenvalue weighted by atomic mass is 10.1. The molecule has 0 aliphatic rings. The highest BCUT2D eigenvalue weighted by atomic mass is 32.2. The van der Waals surface area contributed by atoms with Gasteiger partial charge in [0.15, 0.2) is 5.69 Å². The van der Waals surface area contributed by atoms with E-state index in [9.17, 15) is 36.4 Å². The third-order valence-corrected chi connectivity index (χ3v) is 7.24. The minimum absolute atomic E-state index is 0.000370. The van der Waals surface area contributed by atoms with Crippen molar-refractivity contribution in [3.8, 4) is 16.9 Å². The molecule has 0 fully saturated rings. The fraction of sp³-hybridized carbons (Fsp3) is 0.346. The Labute approximate surface area is 245 Å². The summed E-state index contributed by atoms with van der Waals surface area (Å²) in [6.07, 6.45) is -4.77. The number of sulfonamides is 1. The number of esters is 1. The van der Waals surface area contributed by atoms with Gasteiger partial charge in [0.2, 0.25) is 11.2 Å². The number of carbonyl (C=O) groups is 2. The molecule has 1 amide bonds. The van der Waals surface area contributed by atoms with Crippen LogP contribution in [0, 0.1) is 12.1 Å². The first-order chi connectivity index (χ1) is 20.2. The number of ether oxygens (including phenoxy) is 1. The van der Waals surface area contributed by atoms with Crippen molar-refractivity contribution in [2.45, 2.75) is 44.2 Å². The Morgan fingerprint density at radius 1 is 1.14 bits per heavy atom. The Morgan fingerprint density at radius 2 is 1.79 bits per heavy atom. The first-order valence-corrected chi connectivity index (χ1v) is 14.3. The fourth-order valence-electron chi connectivity index (χ4n) is 3.56. The van der Waals surface area contributed by atoms with E-state index in [0.29, 0.717) is 5.56 Å². The number of aryl methyl sites for hydroxylation is 1. The molecule has 0 aliphatic heterocycles. The molecule has 3 aromatic rings. The normalized spacial score (nSPS) is 12.1. The second-order valence-corrected chi connectivity index (χ2v) is 10.8. The molecule has 0 atom stereocenters. The van der Waals surface area contributed by atoms with Gasteiger partial charge in [0.05, 0.1) is 34.8 Å². The molecule has 17 heteroatoms. The summed E-state index contributed by atoms with van der Waals surface area (Å²) < 4.78 is 73.4. The number of hydrogen-bond donors (Lipinski definition) is 1. The first-order valence-electron chi connectivity index (χ1n) is 12.8. The SMILES string of the molecule is CCC(=O)OCO/N=[N+](\[O-])N(C)CCCC(=O)NS(=O)(=O)c1ccc(-n2nc(C(F)(F)F)cc2-c2ccc(C)cc2)cc1. The zero-order chi connectivity index (χ0) is 31.8. The summed E-state index contributed by atoms with van der Waals surface area (Å²) in [4.78, 5) is 27.6. The van der Waals surface area contributed by atoms with E-state index in [0.717, 1.165) is 33.5 Å². The van der Waals surface area contributed by atoms with Crippen molar-refractivity contribution in [2.75, 3.05) is 20.4 Å². The van der Waals surface area contributed by atoms with Gasteiger partial charge in [-0.05, 0) is 43.7 Å². The number of halogens is 3. The summed E-state index contributed by atoms with van der Waals surface area (Å²) in [5, 5.41) is 19.7. The van der Waals surface area contributed by atoms with Crippen molar-refractivity contribution in [1.82, 2.24) is 19.5 Å². The lowest BCUT2D eigenvalue weighted by molar-refractivity contribution is -0.706. The average Bonchev–Trinajstić information content (AvgIpc) is 3.41. The molecule has 0 unspecified atom stereocenters. The maximum atomic E-state index is 13.4. The second kappa shape index (κ2) is 14.0. The van der Waals surface area contributed by atoms with Crippen LogP contribution in [-0.4, -0.2) is 60.4 Å². The molecule has 1 aromatic heterocycles. The van der Waals surface area contributed by atoms with Crippen molar-refractivity contribution in [3.63, 3.8) is 0 Å². The molecule has 3 rings (SSSR count). The van der Waals surface area contributed by atoms with Gasteiger partial charge >= 0.3 is 12.1 Å². The number of carbonyl (C=O) groups excluding carboxylic acids is 2. The molecule has 0 saturated carbocycles. The van der Waals surface area contributed by atoms with Gasteiger partial charge in [-0.2, -0.15) is 18.3 Å². The number of hydrazine groups is 1. The van der Waals surface area contributed by atoms with Crippen LogP contribution < -0.4 is 4.72 Å². The zero-order valence-electron chi connectivity index (χ0n) is 23.4. The first kappa shape index (κ1) is 32.8. The van der Waals surface area contributed by atoms with Crippen molar-refractivity contribution >= 4 is 21.9 Å². The number of alkyl halides is 3. The van der Waals surface area contributed by atoms with Crippen molar-refractivity contribution in [2.24, 2.45) is 5.28 Å². The van der Waals surface area contributed by atoms with E-state index in [1.807, 2.05) is 11.6 Å². The minimum Gasteiger partial charge on any atom is -0.569 e. The number of nitrogens with zero attached hydrogens (tertiary/aromatic N) is 5. The quantitative estimate of drug-likeness (QED) is 0.0736. The molecule has 43 heavy (non-hydrogen) atoms. The summed E-state index contributed by atoms with van der Waals surface area (Å²) in [6.45, 7) is 2.86. The van der Waals surface area contributed by atoms with E-state index in [4.69, 9.17) is 0 Å². The summed E-state index contributed by atoms with van der Waals surface area (Å²) in [7, 11) is -2.97. The predicted octanol–water partition coefficient (Wildman–Crippen LogP) is 4.10. The average molecular weight is 627 g/mol. The molecule has 1 N–H and O–H groups in total. The molecule has 13 nitrogen and oxygen atoms in total. The molecule has 232 valence electrons. The third-order valence-electron chi connectivity index (χ3n) is 5.85. The number of amides is 1. The Morgan fingerprint density at radius 3 is 2.40 bits per heavy atom. The molecule has 0 aliphatic carbocycles. The minimum atomic E-state index is -4.70. The molecule has 1 heterocycles. The Balaban J connectivity index is 1.63. The standard InChI is InChI=1S/C26H29F3N6O7S/c1-4-25(37)41-17-42-32-35(38)33(3)15-5-6-24(36)31-43(39,40)21-13-11-20(12-14-21)34-22(16-23(30-34)26(27,28)29)19-9-7-18(2)8-10-19/h7-14,16H,4-6,15,17H2,1-3H3,(H,31,36)/b35-32-. The van der Waals surface area contributed by atoms with Gasteiger partial charge in [-0.1, -0.05) is 36.8 Å². The molecular formula is C26H29F3N6O7S. The van der Waals surface area contributed by atoms with Gasteiger partial charge in [0.1, 0.15) is 0 Å². The molecule has 0 spiro atoms. The van der Waals surface area contributed by atoms with E-state index in [2.05, 4.69) is 20.0 Å². The topological polar surface area (TPSA) is 158 Å². The highest BCUT2D eigenvalue weighted by Crippen LogP contribution is 2.33. The maximum absolute atomic E-state index is 13.4. The van der Waals surface area contributed by atoms with E-state index < -0.39 is 40.6 Å². The molecule has 0 saturated heterocycles. The van der Waals surface area contributed by atoms with Crippen LogP contribution >= 0.6 is 0 Å². The molecule has 2 aromatic carbocycles.